The van der Waals surface area contributed by atoms with Gasteiger partial charge in [-0.25, -0.2) is 28.1 Å². The van der Waals surface area contributed by atoms with Crippen LogP contribution in [0.25, 0.3) is 11.4 Å². The number of carbonyl (C=O) groups excluding carboxylic acids is 1. The molecule has 2 atom stereocenters. The van der Waals surface area contributed by atoms with E-state index in [0.29, 0.717) is 18.9 Å². The Labute approximate surface area is 195 Å². The number of aryl methyl sites for hydroxylation is 2. The van der Waals surface area contributed by atoms with Crippen molar-refractivity contribution in [3.05, 3.63) is 70.9 Å². The number of nitrogens with zero attached hydrogens (tertiary/aromatic N) is 4. The monoisotopic (exact) mass is 467 g/mol. The summed E-state index contributed by atoms with van der Waals surface area (Å²) in [4.78, 5) is 28.3. The molecule has 1 aromatic carbocycles. The fourth-order valence-electron chi connectivity index (χ4n) is 4.91. The standard InChI is InChI=1S/C25H24F3N5O/c1-14(17-11-19(26)21(28)20(27)12-17)24(34)33-9-6-25(13-33)5-4-16-10-18(15(2)31-22(16)32-25)23-29-7-3-8-30-23/h3,7-8,10-12,14H,4-6,9,13H2,1-2H3,(H,31,32)/t14-,25-/m0/s1. The number of hydrogen-bond acceptors (Lipinski definition) is 5. The highest BCUT2D eigenvalue weighted by Gasteiger charge is 2.43. The van der Waals surface area contributed by atoms with Gasteiger partial charge < -0.3 is 10.2 Å². The Hall–Kier alpha value is -3.49. The molecule has 34 heavy (non-hydrogen) atoms. The minimum atomic E-state index is -1.53. The van der Waals surface area contributed by atoms with Gasteiger partial charge in [-0.05, 0) is 68.5 Å². The normalized spacial score (nSPS) is 20.2. The van der Waals surface area contributed by atoms with E-state index in [2.05, 4.69) is 21.4 Å². The van der Waals surface area contributed by atoms with Gasteiger partial charge in [-0.15, -0.1) is 0 Å². The number of hydrogen-bond donors (Lipinski definition) is 1. The van der Waals surface area contributed by atoms with Gasteiger partial charge in [0.05, 0.1) is 17.2 Å². The van der Waals surface area contributed by atoms with E-state index in [9.17, 15) is 18.0 Å². The second-order valence-corrected chi connectivity index (χ2v) is 9.14. The van der Waals surface area contributed by atoms with Crippen LogP contribution >= 0.6 is 0 Å². The Morgan fingerprint density at radius 1 is 1.12 bits per heavy atom. The van der Waals surface area contributed by atoms with Crippen LogP contribution in [0.1, 0.15) is 42.5 Å². The molecular formula is C25H24F3N5O. The van der Waals surface area contributed by atoms with Crippen molar-refractivity contribution in [2.75, 3.05) is 18.4 Å². The first-order valence-electron chi connectivity index (χ1n) is 11.3. The lowest BCUT2D eigenvalue weighted by atomic mass is 9.86. The van der Waals surface area contributed by atoms with E-state index in [1.807, 2.05) is 6.92 Å². The molecule has 3 aromatic rings. The van der Waals surface area contributed by atoms with E-state index >= 15 is 0 Å². The summed E-state index contributed by atoms with van der Waals surface area (Å²) in [7, 11) is 0. The Morgan fingerprint density at radius 2 is 1.82 bits per heavy atom. The minimum Gasteiger partial charge on any atom is -0.363 e. The molecule has 1 fully saturated rings. The van der Waals surface area contributed by atoms with Gasteiger partial charge in [-0.2, -0.15) is 0 Å². The molecule has 1 amide bonds. The molecule has 1 spiro atoms. The highest BCUT2D eigenvalue weighted by molar-refractivity contribution is 5.84. The van der Waals surface area contributed by atoms with E-state index < -0.39 is 23.4 Å². The molecule has 2 aliphatic heterocycles. The molecule has 0 radical (unpaired) electrons. The summed E-state index contributed by atoms with van der Waals surface area (Å²) < 4.78 is 40.7. The predicted molar refractivity (Wildman–Crippen MR) is 121 cm³/mol. The van der Waals surface area contributed by atoms with E-state index in [0.717, 1.165) is 54.0 Å². The average Bonchev–Trinajstić information content (AvgIpc) is 3.24. The van der Waals surface area contributed by atoms with Crippen molar-refractivity contribution in [3.63, 3.8) is 0 Å². The maximum absolute atomic E-state index is 13.7. The Balaban J connectivity index is 1.33. The number of likely N-dealkylation sites (tertiary alicyclic amines) is 1. The number of amides is 1. The maximum atomic E-state index is 13.7. The summed E-state index contributed by atoms with van der Waals surface area (Å²) in [6.45, 7) is 4.49. The number of nitrogens with one attached hydrogen (secondary N) is 1. The van der Waals surface area contributed by atoms with E-state index in [4.69, 9.17) is 4.98 Å². The van der Waals surface area contributed by atoms with E-state index in [1.54, 1.807) is 30.3 Å². The highest BCUT2D eigenvalue weighted by Crippen LogP contribution is 2.38. The fraction of sp³-hybridized carbons (Fsp3) is 0.360. The molecule has 2 aliphatic rings. The van der Waals surface area contributed by atoms with Crippen LogP contribution in [0.15, 0.2) is 36.7 Å². The van der Waals surface area contributed by atoms with Crippen LogP contribution in [-0.4, -0.2) is 44.4 Å². The third-order valence-electron chi connectivity index (χ3n) is 6.90. The van der Waals surface area contributed by atoms with Crippen LogP contribution in [0.3, 0.4) is 0 Å². The molecule has 0 unspecified atom stereocenters. The van der Waals surface area contributed by atoms with Crippen molar-refractivity contribution < 1.29 is 18.0 Å². The van der Waals surface area contributed by atoms with Crippen LogP contribution in [0.2, 0.25) is 0 Å². The summed E-state index contributed by atoms with van der Waals surface area (Å²) in [5.74, 6) is -3.71. The molecule has 2 aromatic heterocycles. The van der Waals surface area contributed by atoms with Crippen molar-refractivity contribution in [2.45, 2.75) is 44.6 Å². The van der Waals surface area contributed by atoms with E-state index in [-0.39, 0.29) is 17.0 Å². The topological polar surface area (TPSA) is 71.0 Å². The first kappa shape index (κ1) is 22.3. The first-order chi connectivity index (χ1) is 16.3. The number of carbonyl (C=O) groups is 1. The SMILES string of the molecule is Cc1nc2c(cc1-c1ncccn1)CC[C@@]1(CCN(C(=O)[C@@H](C)c3cc(F)c(F)c(F)c3)C1)N2. The highest BCUT2D eigenvalue weighted by atomic mass is 19.2. The van der Waals surface area contributed by atoms with Gasteiger partial charge in [-0.1, -0.05) is 0 Å². The van der Waals surface area contributed by atoms with Gasteiger partial charge in [0.25, 0.3) is 0 Å². The van der Waals surface area contributed by atoms with Gasteiger partial charge in [0, 0.05) is 31.0 Å². The average molecular weight is 467 g/mol. The van der Waals surface area contributed by atoms with Crippen molar-refractivity contribution in [1.29, 1.82) is 0 Å². The zero-order valence-electron chi connectivity index (χ0n) is 18.9. The van der Waals surface area contributed by atoms with Crippen LogP contribution in [0.5, 0.6) is 0 Å². The first-order valence-corrected chi connectivity index (χ1v) is 11.3. The molecule has 4 heterocycles. The number of rotatable bonds is 3. The van der Waals surface area contributed by atoms with Gasteiger partial charge in [0.15, 0.2) is 23.3 Å². The summed E-state index contributed by atoms with van der Waals surface area (Å²) in [6, 6.07) is 5.63. The van der Waals surface area contributed by atoms with Crippen LogP contribution in [0.4, 0.5) is 19.0 Å². The van der Waals surface area contributed by atoms with Crippen LogP contribution in [0, 0.1) is 24.4 Å². The molecular weight excluding hydrogens is 443 g/mol. The third kappa shape index (κ3) is 3.89. The molecule has 9 heteroatoms. The van der Waals surface area contributed by atoms with Crippen molar-refractivity contribution in [1.82, 2.24) is 19.9 Å². The molecule has 1 saturated heterocycles. The van der Waals surface area contributed by atoms with Gasteiger partial charge in [0.1, 0.15) is 5.82 Å². The number of halogens is 3. The smallest absolute Gasteiger partial charge is 0.229 e. The van der Waals surface area contributed by atoms with Gasteiger partial charge in [0.2, 0.25) is 5.91 Å². The minimum absolute atomic E-state index is 0.122. The summed E-state index contributed by atoms with van der Waals surface area (Å²) in [5, 5.41) is 3.57. The molecule has 0 bridgehead atoms. The maximum Gasteiger partial charge on any atom is 0.229 e. The summed E-state index contributed by atoms with van der Waals surface area (Å²) >= 11 is 0. The number of anilines is 1. The second-order valence-electron chi connectivity index (χ2n) is 9.14. The lowest BCUT2D eigenvalue weighted by molar-refractivity contribution is -0.131. The van der Waals surface area contributed by atoms with Crippen LogP contribution < -0.4 is 5.32 Å². The second kappa shape index (κ2) is 8.38. The number of pyridine rings is 1. The summed E-state index contributed by atoms with van der Waals surface area (Å²) in [6.07, 6.45) is 5.75. The lowest BCUT2D eigenvalue weighted by Crippen LogP contribution is -2.46. The lowest BCUT2D eigenvalue weighted by Gasteiger charge is -2.36. The van der Waals surface area contributed by atoms with Crippen molar-refractivity contribution in [3.8, 4) is 11.4 Å². The van der Waals surface area contributed by atoms with Crippen LogP contribution in [-0.2, 0) is 11.2 Å². The predicted octanol–water partition coefficient (Wildman–Crippen LogP) is 4.40. The quantitative estimate of drug-likeness (QED) is 0.579. The third-order valence-corrected chi connectivity index (χ3v) is 6.90. The molecule has 6 nitrogen and oxygen atoms in total. The van der Waals surface area contributed by atoms with Crippen molar-refractivity contribution in [2.24, 2.45) is 0 Å². The molecule has 176 valence electrons. The zero-order chi connectivity index (χ0) is 24.0. The Kier molecular flexibility index (Phi) is 5.50. The molecule has 0 saturated carbocycles. The summed E-state index contributed by atoms with van der Waals surface area (Å²) in [5.41, 5.74) is 2.60. The largest absolute Gasteiger partial charge is 0.363 e. The zero-order valence-corrected chi connectivity index (χ0v) is 18.9. The van der Waals surface area contributed by atoms with Crippen molar-refractivity contribution >= 4 is 11.7 Å². The molecule has 1 N–H and O–H groups in total. The Morgan fingerprint density at radius 3 is 2.53 bits per heavy atom. The molecule has 5 rings (SSSR count). The molecule has 0 aliphatic carbocycles. The Bertz CT molecular complexity index is 1250. The van der Waals surface area contributed by atoms with Gasteiger partial charge in [-0.3, -0.25) is 4.79 Å². The van der Waals surface area contributed by atoms with E-state index in [1.165, 1.54) is 0 Å². The fourth-order valence-corrected chi connectivity index (χ4v) is 4.91. The van der Waals surface area contributed by atoms with Gasteiger partial charge >= 0.3 is 0 Å². The number of aromatic nitrogens is 3. The number of fused-ring (bicyclic) bond motifs is 1. The number of benzene rings is 1.